The van der Waals surface area contributed by atoms with Crippen molar-refractivity contribution in [1.29, 1.82) is 0 Å². The molecule has 4 nitrogen and oxygen atoms in total. The molecule has 0 radical (unpaired) electrons. The fourth-order valence-corrected chi connectivity index (χ4v) is 2.51. The Morgan fingerprint density at radius 1 is 1.21 bits per heavy atom. The van der Waals surface area contributed by atoms with E-state index in [1.54, 1.807) is 0 Å². The van der Waals surface area contributed by atoms with Crippen LogP contribution in [0.15, 0.2) is 12.4 Å². The summed E-state index contributed by atoms with van der Waals surface area (Å²) in [4.78, 5) is 14.3. The van der Waals surface area contributed by atoms with E-state index in [0.29, 0.717) is 6.54 Å². The fourth-order valence-electron chi connectivity index (χ4n) is 2.51. The summed E-state index contributed by atoms with van der Waals surface area (Å²) in [5, 5.41) is 0. The molecule has 0 spiro atoms. The van der Waals surface area contributed by atoms with Gasteiger partial charge in [0.1, 0.15) is 12.4 Å². The van der Waals surface area contributed by atoms with Crippen LogP contribution in [-0.4, -0.2) is 28.5 Å². The maximum Gasteiger partial charge on any atom is 0.264 e. The van der Waals surface area contributed by atoms with Crippen LogP contribution in [0.25, 0.3) is 0 Å². The Morgan fingerprint density at radius 2 is 1.79 bits per heavy atom. The number of nitrogens with zero attached hydrogens (tertiary/aromatic N) is 3. The van der Waals surface area contributed by atoms with Gasteiger partial charge < -0.3 is 17.3 Å². The van der Waals surface area contributed by atoms with E-state index in [2.05, 4.69) is 0 Å². The van der Waals surface area contributed by atoms with E-state index < -0.39 is 0 Å². The van der Waals surface area contributed by atoms with Gasteiger partial charge in [-0.05, 0) is 12.8 Å². The number of hydrogen-bond acceptors (Lipinski definition) is 1. The highest BCUT2D eigenvalue weighted by molar-refractivity contribution is 5.74. The Kier molecular flexibility index (Phi) is 6.35. The summed E-state index contributed by atoms with van der Waals surface area (Å²) in [5.74, 6) is 1.38. The second-order valence-corrected chi connectivity index (χ2v) is 5.23. The molecule has 1 aromatic rings. The Labute approximate surface area is 121 Å². The van der Waals surface area contributed by atoms with Crippen LogP contribution in [0.1, 0.15) is 37.9 Å². The van der Waals surface area contributed by atoms with Crippen molar-refractivity contribution in [3.63, 3.8) is 0 Å². The molecular formula is C14H24ClN3O. The molecule has 0 saturated carbocycles. The van der Waals surface area contributed by atoms with Gasteiger partial charge in [0.15, 0.2) is 6.54 Å². The molecule has 1 aliphatic rings. The number of carbonyl (C=O) groups excluding carboxylic acids is 1. The van der Waals surface area contributed by atoms with E-state index in [1.165, 1.54) is 19.3 Å². The van der Waals surface area contributed by atoms with Crippen molar-refractivity contribution in [3.8, 4) is 0 Å². The predicted octanol–water partition coefficient (Wildman–Crippen LogP) is -1.58. The second-order valence-electron chi connectivity index (χ2n) is 5.23. The third-order valence-electron chi connectivity index (χ3n) is 3.91. The molecule has 1 amide bonds. The number of carbonyl (C=O) groups is 1. The van der Waals surface area contributed by atoms with E-state index in [1.807, 2.05) is 40.4 Å². The summed E-state index contributed by atoms with van der Waals surface area (Å²) in [7, 11) is 2.01. The first kappa shape index (κ1) is 16.0. The average molecular weight is 286 g/mol. The Morgan fingerprint density at radius 3 is 2.32 bits per heavy atom. The molecule has 0 atom stereocenters. The van der Waals surface area contributed by atoms with Crippen molar-refractivity contribution >= 4 is 5.91 Å². The molecule has 0 aliphatic carbocycles. The van der Waals surface area contributed by atoms with Crippen LogP contribution < -0.4 is 17.0 Å². The van der Waals surface area contributed by atoms with Crippen molar-refractivity contribution in [2.45, 2.75) is 45.6 Å². The fraction of sp³-hybridized carbons (Fsp3) is 0.714. The van der Waals surface area contributed by atoms with Gasteiger partial charge in [-0.3, -0.25) is 4.79 Å². The third kappa shape index (κ3) is 4.23. The lowest BCUT2D eigenvalue weighted by atomic mass is 10.1. The minimum atomic E-state index is 0. The number of hydrogen-bond donors (Lipinski definition) is 0. The second kappa shape index (κ2) is 7.53. The summed E-state index contributed by atoms with van der Waals surface area (Å²) in [6.07, 6.45) is 10.2. The highest BCUT2D eigenvalue weighted by Gasteiger charge is 2.19. The van der Waals surface area contributed by atoms with Gasteiger partial charge in [-0.1, -0.05) is 19.3 Å². The third-order valence-corrected chi connectivity index (χ3v) is 3.91. The number of imidazole rings is 1. The van der Waals surface area contributed by atoms with Crippen molar-refractivity contribution in [1.82, 2.24) is 9.47 Å². The molecule has 0 N–H and O–H groups in total. The molecule has 0 bridgehead atoms. The molecule has 1 aliphatic heterocycles. The van der Waals surface area contributed by atoms with Crippen LogP contribution in [-0.2, 0) is 18.4 Å². The maximum atomic E-state index is 12.3. The van der Waals surface area contributed by atoms with Crippen LogP contribution in [0, 0.1) is 6.92 Å². The van der Waals surface area contributed by atoms with Crippen LogP contribution >= 0.6 is 0 Å². The first-order valence-electron chi connectivity index (χ1n) is 6.97. The number of amides is 1. The molecule has 2 heterocycles. The van der Waals surface area contributed by atoms with E-state index in [0.717, 1.165) is 31.8 Å². The summed E-state index contributed by atoms with van der Waals surface area (Å²) in [6.45, 7) is 4.39. The van der Waals surface area contributed by atoms with Crippen LogP contribution in [0.4, 0.5) is 0 Å². The maximum absolute atomic E-state index is 12.3. The smallest absolute Gasteiger partial charge is 0.264 e. The van der Waals surface area contributed by atoms with E-state index in [-0.39, 0.29) is 18.3 Å². The number of aryl methyl sites for hydroxylation is 1. The molecule has 0 aromatic carbocycles. The summed E-state index contributed by atoms with van der Waals surface area (Å²) in [5.41, 5.74) is 0. The van der Waals surface area contributed by atoms with E-state index in [4.69, 9.17) is 0 Å². The number of rotatable bonds is 2. The normalized spacial score (nSPS) is 16.4. The molecule has 1 fully saturated rings. The zero-order valence-corrected chi connectivity index (χ0v) is 12.7. The van der Waals surface area contributed by atoms with Gasteiger partial charge in [-0.2, -0.15) is 0 Å². The van der Waals surface area contributed by atoms with Crippen LogP contribution in [0.5, 0.6) is 0 Å². The molecule has 19 heavy (non-hydrogen) atoms. The van der Waals surface area contributed by atoms with Crippen molar-refractivity contribution in [2.24, 2.45) is 7.05 Å². The standard InChI is InChI=1S/C14H24N3O.ClH/c1-13-15(2)10-11-17(13)12-14(18)16-8-6-4-3-5-7-9-16;/h10-11H,3-9,12H2,1-2H3;1H/q+1;/p-1. The highest BCUT2D eigenvalue weighted by atomic mass is 35.5. The van der Waals surface area contributed by atoms with Crippen molar-refractivity contribution in [2.75, 3.05) is 13.1 Å². The summed E-state index contributed by atoms with van der Waals surface area (Å²) in [6, 6.07) is 0. The van der Waals surface area contributed by atoms with Gasteiger partial charge >= 0.3 is 0 Å². The molecule has 0 unspecified atom stereocenters. The van der Waals surface area contributed by atoms with Crippen LogP contribution in [0.2, 0.25) is 0 Å². The summed E-state index contributed by atoms with van der Waals surface area (Å²) >= 11 is 0. The predicted molar refractivity (Wildman–Crippen MR) is 70.0 cm³/mol. The Balaban J connectivity index is 0.00000180. The highest BCUT2D eigenvalue weighted by Crippen LogP contribution is 2.10. The Bertz CT molecular complexity index is 409. The van der Waals surface area contributed by atoms with Gasteiger partial charge in [-0.15, -0.1) is 0 Å². The molecule has 1 saturated heterocycles. The number of halogens is 1. The molecular weight excluding hydrogens is 262 g/mol. The lowest BCUT2D eigenvalue weighted by Crippen LogP contribution is -3.00. The molecule has 2 rings (SSSR count). The lowest BCUT2D eigenvalue weighted by Gasteiger charge is -2.24. The largest absolute Gasteiger partial charge is 1.00 e. The minimum Gasteiger partial charge on any atom is -1.00 e. The molecule has 108 valence electrons. The average Bonchev–Trinajstić information content (AvgIpc) is 2.60. The SMILES string of the molecule is Cc1n(C)cc[n+]1CC(=O)N1CCCCCCC1.[Cl-]. The van der Waals surface area contributed by atoms with E-state index >= 15 is 0 Å². The van der Waals surface area contributed by atoms with Gasteiger partial charge in [0, 0.05) is 20.0 Å². The lowest BCUT2D eigenvalue weighted by molar-refractivity contribution is -0.690. The van der Waals surface area contributed by atoms with Gasteiger partial charge in [0.05, 0.1) is 7.05 Å². The number of aromatic nitrogens is 2. The quantitative estimate of drug-likeness (QED) is 0.603. The molecule has 1 aromatic heterocycles. The van der Waals surface area contributed by atoms with Crippen molar-refractivity contribution in [3.05, 3.63) is 18.2 Å². The first-order chi connectivity index (χ1) is 8.68. The monoisotopic (exact) mass is 285 g/mol. The van der Waals surface area contributed by atoms with Crippen LogP contribution in [0.3, 0.4) is 0 Å². The van der Waals surface area contributed by atoms with E-state index in [9.17, 15) is 4.79 Å². The van der Waals surface area contributed by atoms with Crippen molar-refractivity contribution < 1.29 is 21.8 Å². The Hall–Kier alpha value is -1.03. The molecule has 5 heteroatoms. The topological polar surface area (TPSA) is 29.1 Å². The zero-order chi connectivity index (χ0) is 13.0. The van der Waals surface area contributed by atoms with Gasteiger partial charge in [0.25, 0.3) is 11.7 Å². The van der Waals surface area contributed by atoms with Gasteiger partial charge in [0.2, 0.25) is 0 Å². The minimum absolute atomic E-state index is 0. The number of likely N-dealkylation sites (tertiary alicyclic amines) is 1. The zero-order valence-electron chi connectivity index (χ0n) is 11.9. The summed E-state index contributed by atoms with van der Waals surface area (Å²) < 4.78 is 4.07. The first-order valence-corrected chi connectivity index (χ1v) is 6.97. The van der Waals surface area contributed by atoms with Gasteiger partial charge in [-0.25, -0.2) is 9.13 Å².